The molecular formula is C40H64FN8O7S+. The van der Waals surface area contributed by atoms with Crippen molar-refractivity contribution in [1.29, 1.82) is 0 Å². The molecule has 4 aliphatic heterocycles. The van der Waals surface area contributed by atoms with Crippen LogP contribution in [0, 0.1) is 23.6 Å². The van der Waals surface area contributed by atoms with E-state index in [0.717, 1.165) is 32.4 Å². The molecule has 0 aliphatic carbocycles. The summed E-state index contributed by atoms with van der Waals surface area (Å²) in [5.41, 5.74) is 0.657. The molecule has 1 aromatic carbocycles. The Bertz CT molecular complexity index is 1930. The number of aliphatic hydroxyl groups is 3. The van der Waals surface area contributed by atoms with Gasteiger partial charge in [0.1, 0.15) is 11.5 Å². The summed E-state index contributed by atoms with van der Waals surface area (Å²) in [7, 11) is -2.23. The van der Waals surface area contributed by atoms with Gasteiger partial charge in [-0.2, -0.15) is 0 Å². The first-order valence-corrected chi connectivity index (χ1v) is 21.7. The van der Waals surface area contributed by atoms with Gasteiger partial charge in [0.2, 0.25) is 21.9 Å². The Hall–Kier alpha value is -3.29. The van der Waals surface area contributed by atoms with Crippen molar-refractivity contribution in [3.8, 4) is 17.1 Å². The minimum absolute atomic E-state index is 0.0990. The van der Waals surface area contributed by atoms with Crippen LogP contribution in [0.15, 0.2) is 24.4 Å². The van der Waals surface area contributed by atoms with Crippen LogP contribution < -0.4 is 24.6 Å². The Balaban J connectivity index is 0.000000281. The molecule has 0 unspecified atom stereocenters. The van der Waals surface area contributed by atoms with E-state index in [2.05, 4.69) is 26.8 Å². The largest absolute Gasteiger partial charge is 0.480 e. The SMILES string of the molecule is CC(C)(O)C1CNC1.CC[NH+]1CC(C(C)(C)O)C1.COc1ncc(-c2nc(N3CCOCC3)nc3c(CN4CC(C(C)(C)O)C4)cc(F)cc23)cc1NS(C)(=O)=O. The number of morpholine rings is 1. The van der Waals surface area contributed by atoms with Gasteiger partial charge < -0.3 is 39.9 Å². The molecular weight excluding hydrogens is 756 g/mol. The number of anilines is 2. The van der Waals surface area contributed by atoms with Crippen molar-refractivity contribution >= 4 is 32.6 Å². The first-order valence-electron chi connectivity index (χ1n) is 19.8. The average molecular weight is 820 g/mol. The highest BCUT2D eigenvalue weighted by Gasteiger charge is 2.40. The Morgan fingerprint density at radius 3 is 2.07 bits per heavy atom. The van der Waals surface area contributed by atoms with E-state index in [1.807, 2.05) is 32.6 Å². The fourth-order valence-corrected chi connectivity index (χ4v) is 7.66. The maximum atomic E-state index is 15.0. The number of methoxy groups -OCH3 is 1. The van der Waals surface area contributed by atoms with Crippen LogP contribution in [0.3, 0.4) is 0 Å². The van der Waals surface area contributed by atoms with Gasteiger partial charge in [0.15, 0.2) is 0 Å². The zero-order valence-electron chi connectivity index (χ0n) is 35.0. The minimum Gasteiger partial charge on any atom is -0.480 e. The number of likely N-dealkylation sites (tertiary alicyclic amines) is 2. The molecule has 3 aromatic rings. The first-order chi connectivity index (χ1) is 26.6. The van der Waals surface area contributed by atoms with Crippen LogP contribution in [0.5, 0.6) is 5.88 Å². The summed E-state index contributed by atoms with van der Waals surface area (Å²) in [6.45, 7) is 22.9. The third-order valence-electron chi connectivity index (χ3n) is 11.4. The minimum atomic E-state index is -3.62. The van der Waals surface area contributed by atoms with E-state index < -0.39 is 32.6 Å². The Kier molecular flexibility index (Phi) is 14.1. The van der Waals surface area contributed by atoms with Gasteiger partial charge in [-0.05, 0) is 72.2 Å². The molecule has 318 valence electrons. The topological polar surface area (TPSA) is 187 Å². The molecule has 7 rings (SSSR count). The van der Waals surface area contributed by atoms with Crippen molar-refractivity contribution in [3.05, 3.63) is 35.8 Å². The molecule has 2 aromatic heterocycles. The number of nitrogens with one attached hydrogen (secondary N) is 3. The number of quaternary nitrogens is 1. The van der Waals surface area contributed by atoms with Crippen molar-refractivity contribution in [2.75, 3.05) is 95.1 Å². The van der Waals surface area contributed by atoms with E-state index in [1.54, 1.807) is 24.8 Å². The quantitative estimate of drug-likeness (QED) is 0.164. The van der Waals surface area contributed by atoms with E-state index in [-0.39, 0.29) is 17.5 Å². The van der Waals surface area contributed by atoms with Crippen LogP contribution in [-0.4, -0.2) is 146 Å². The van der Waals surface area contributed by atoms with Gasteiger partial charge in [-0.25, -0.2) is 27.8 Å². The second-order valence-corrected chi connectivity index (χ2v) is 19.3. The molecule has 4 saturated heterocycles. The highest BCUT2D eigenvalue weighted by Crippen LogP contribution is 2.36. The van der Waals surface area contributed by atoms with E-state index in [0.29, 0.717) is 91.4 Å². The summed E-state index contributed by atoms with van der Waals surface area (Å²) in [5.74, 6) is 1.28. The molecule has 0 spiro atoms. The lowest BCUT2D eigenvalue weighted by Crippen LogP contribution is -3.20. The highest BCUT2D eigenvalue weighted by atomic mass is 32.2. The third kappa shape index (κ3) is 11.9. The van der Waals surface area contributed by atoms with Gasteiger partial charge in [-0.1, -0.05) is 0 Å². The summed E-state index contributed by atoms with van der Waals surface area (Å²) in [6.07, 6.45) is 2.56. The van der Waals surface area contributed by atoms with Crippen molar-refractivity contribution in [2.45, 2.75) is 71.8 Å². The van der Waals surface area contributed by atoms with Gasteiger partial charge in [-0.3, -0.25) is 9.62 Å². The molecule has 0 saturated carbocycles. The normalized spacial score (nSPS) is 21.0. The molecule has 6 N–H and O–H groups in total. The molecule has 4 aliphatic rings. The van der Waals surface area contributed by atoms with Crippen LogP contribution in [0.2, 0.25) is 0 Å². The van der Waals surface area contributed by atoms with Gasteiger partial charge in [0, 0.05) is 74.8 Å². The summed E-state index contributed by atoms with van der Waals surface area (Å²) in [4.78, 5) is 19.8. The molecule has 15 nitrogen and oxygen atoms in total. The molecule has 0 amide bonds. The van der Waals surface area contributed by atoms with Crippen LogP contribution >= 0.6 is 0 Å². The van der Waals surface area contributed by atoms with Crippen LogP contribution in [0.25, 0.3) is 22.2 Å². The summed E-state index contributed by atoms with van der Waals surface area (Å²) in [6, 6.07) is 4.45. The first kappa shape index (κ1) is 44.8. The molecule has 0 radical (unpaired) electrons. The Morgan fingerprint density at radius 2 is 1.58 bits per heavy atom. The van der Waals surface area contributed by atoms with Crippen molar-refractivity contribution in [3.63, 3.8) is 0 Å². The molecule has 0 atom stereocenters. The average Bonchev–Trinajstić information content (AvgIpc) is 3.02. The number of benzene rings is 1. The highest BCUT2D eigenvalue weighted by molar-refractivity contribution is 7.92. The fourth-order valence-electron chi connectivity index (χ4n) is 7.12. The zero-order chi connectivity index (χ0) is 41.9. The number of sulfonamides is 1. The molecule has 17 heteroatoms. The molecule has 0 bridgehead atoms. The number of hydrogen-bond acceptors (Lipinski definition) is 13. The van der Waals surface area contributed by atoms with Gasteiger partial charge in [-0.15, -0.1) is 0 Å². The molecule has 6 heterocycles. The fraction of sp³-hybridized carbons (Fsp3) is 0.675. The number of aromatic nitrogens is 3. The third-order valence-corrected chi connectivity index (χ3v) is 12.0. The van der Waals surface area contributed by atoms with E-state index >= 15 is 4.39 Å². The number of nitrogens with zero attached hydrogens (tertiary/aromatic N) is 5. The summed E-state index contributed by atoms with van der Waals surface area (Å²) < 4.78 is 52.2. The summed E-state index contributed by atoms with van der Waals surface area (Å²) in [5, 5.41) is 32.8. The van der Waals surface area contributed by atoms with Crippen molar-refractivity contribution in [2.24, 2.45) is 17.8 Å². The number of rotatable bonds is 11. The van der Waals surface area contributed by atoms with Crippen LogP contribution in [0.1, 0.15) is 54.0 Å². The van der Waals surface area contributed by atoms with Crippen LogP contribution in [-0.2, 0) is 21.3 Å². The maximum Gasteiger partial charge on any atom is 0.238 e. The lowest BCUT2D eigenvalue weighted by atomic mass is 9.84. The number of fused-ring (bicyclic) bond motifs is 1. The zero-order valence-corrected chi connectivity index (χ0v) is 35.8. The second-order valence-electron chi connectivity index (χ2n) is 17.5. The number of hydrogen-bond donors (Lipinski definition) is 6. The van der Waals surface area contributed by atoms with Gasteiger partial charge >= 0.3 is 0 Å². The van der Waals surface area contributed by atoms with E-state index in [9.17, 15) is 23.7 Å². The molecule has 4 fully saturated rings. The standard InChI is InChI=1S/C26H33FN6O5S.C8H17NO.C6H13NO/c1-26(2,34)18-14-32(15-18)13-17-9-19(27)11-20-22(29-25(30-23(17)20)33-5-7-38-8-6-33)16-10-21(31-39(4,35)36)24(37-3)28-12-16;1-4-9-5-7(6-9)8(2,3)10;1-6(2,8)5-3-7-4-5/h9-12,18,31,34H,5-8,13-15H2,1-4H3;7,10H,4-6H2,1-3H3;5,7-8H,3-4H2,1-2H3/p+1. The number of pyridine rings is 1. The number of ether oxygens (including phenoxy) is 2. The predicted molar refractivity (Wildman–Crippen MR) is 220 cm³/mol. The maximum absolute atomic E-state index is 15.0. The van der Waals surface area contributed by atoms with Crippen molar-refractivity contribution < 1.29 is 42.5 Å². The van der Waals surface area contributed by atoms with E-state index in [1.165, 1.54) is 32.0 Å². The Labute approximate surface area is 337 Å². The second kappa shape index (κ2) is 17.9. The van der Waals surface area contributed by atoms with Crippen LogP contribution in [0.4, 0.5) is 16.0 Å². The Morgan fingerprint density at radius 1 is 0.965 bits per heavy atom. The van der Waals surface area contributed by atoms with E-state index in [4.69, 9.17) is 19.4 Å². The lowest BCUT2D eigenvalue weighted by Gasteiger charge is -2.45. The molecule has 57 heavy (non-hydrogen) atoms. The van der Waals surface area contributed by atoms with Crippen molar-refractivity contribution in [1.82, 2.24) is 25.2 Å². The summed E-state index contributed by atoms with van der Waals surface area (Å²) >= 11 is 0. The lowest BCUT2D eigenvalue weighted by molar-refractivity contribution is -0.951. The van der Waals surface area contributed by atoms with Gasteiger partial charge in [0.05, 0.1) is 80.1 Å². The number of halogens is 1. The predicted octanol–water partition coefficient (Wildman–Crippen LogP) is 1.52. The van der Waals surface area contributed by atoms with Gasteiger partial charge in [0.25, 0.3) is 0 Å². The monoisotopic (exact) mass is 819 g/mol. The smallest absolute Gasteiger partial charge is 0.238 e.